The summed E-state index contributed by atoms with van der Waals surface area (Å²) in [5, 5.41) is 21.5. The normalized spacial score (nSPS) is 16.7. The highest BCUT2D eigenvalue weighted by atomic mass is 16.3. The summed E-state index contributed by atoms with van der Waals surface area (Å²) < 4.78 is 0. The Balaban J connectivity index is 1.64. The van der Waals surface area contributed by atoms with Gasteiger partial charge in [0.05, 0.1) is 17.8 Å². The number of hydrogen-bond acceptors (Lipinski definition) is 5. The van der Waals surface area contributed by atoms with E-state index in [1.807, 2.05) is 18.2 Å². The highest BCUT2D eigenvalue weighted by Gasteiger charge is 2.31. The Morgan fingerprint density at radius 1 is 1.15 bits per heavy atom. The molecule has 0 unspecified atom stereocenters. The lowest BCUT2D eigenvalue weighted by Gasteiger charge is -2.36. The zero-order valence-corrected chi connectivity index (χ0v) is 14.8. The summed E-state index contributed by atoms with van der Waals surface area (Å²) in [5.74, 6) is 0.489. The molecule has 0 saturated heterocycles. The fraction of sp³-hybridized carbons (Fsp3) is 0.400. The quantitative estimate of drug-likeness (QED) is 0.563. The Bertz CT molecular complexity index is 885. The lowest BCUT2D eigenvalue weighted by Crippen LogP contribution is -2.35. The van der Waals surface area contributed by atoms with Gasteiger partial charge in [-0.15, -0.1) is 0 Å². The van der Waals surface area contributed by atoms with Crippen LogP contribution in [0.25, 0.3) is 22.2 Å². The number of nitrogens with one attached hydrogen (secondary N) is 2. The van der Waals surface area contributed by atoms with Crippen molar-refractivity contribution in [2.24, 2.45) is 5.41 Å². The van der Waals surface area contributed by atoms with Crippen LogP contribution in [0.5, 0.6) is 0 Å². The minimum atomic E-state index is -0.0293. The van der Waals surface area contributed by atoms with Crippen LogP contribution in [0.3, 0.4) is 0 Å². The Hall–Kier alpha value is -2.60. The summed E-state index contributed by atoms with van der Waals surface area (Å²) in [5.41, 5.74) is 9.82. The number of aliphatic hydroxyl groups is 1. The van der Waals surface area contributed by atoms with Crippen molar-refractivity contribution in [1.29, 1.82) is 0 Å². The van der Waals surface area contributed by atoms with Crippen LogP contribution in [0, 0.1) is 5.41 Å². The first kappa shape index (κ1) is 16.8. The van der Waals surface area contributed by atoms with Crippen LogP contribution in [0.15, 0.2) is 36.5 Å². The Kier molecular flexibility index (Phi) is 4.51. The molecule has 1 aromatic carbocycles. The van der Waals surface area contributed by atoms with Gasteiger partial charge in [-0.2, -0.15) is 5.10 Å². The molecule has 2 aromatic heterocycles. The number of nitrogens with zero attached hydrogens (tertiary/aromatic N) is 2. The molecule has 0 aliphatic heterocycles. The third-order valence-electron chi connectivity index (χ3n) is 5.54. The molecular weight excluding hydrogens is 326 g/mol. The number of fused-ring (bicyclic) bond motifs is 1. The largest absolute Gasteiger partial charge is 0.396 e. The number of aliphatic hydroxyl groups excluding tert-OH is 1. The summed E-state index contributed by atoms with van der Waals surface area (Å²) in [7, 11) is 0. The molecule has 26 heavy (non-hydrogen) atoms. The van der Waals surface area contributed by atoms with E-state index in [0.717, 1.165) is 47.2 Å². The van der Waals surface area contributed by atoms with Crippen LogP contribution < -0.4 is 11.1 Å². The number of anilines is 2. The van der Waals surface area contributed by atoms with Gasteiger partial charge in [-0.25, -0.2) is 4.98 Å². The second-order valence-electron chi connectivity index (χ2n) is 7.37. The minimum absolute atomic E-state index is 0.0293. The predicted octanol–water partition coefficient (Wildman–Crippen LogP) is 3.56. The highest BCUT2D eigenvalue weighted by molar-refractivity contribution is 5.95. The molecule has 1 saturated carbocycles. The van der Waals surface area contributed by atoms with Gasteiger partial charge >= 0.3 is 0 Å². The van der Waals surface area contributed by atoms with Gasteiger partial charge in [-0.1, -0.05) is 31.4 Å². The van der Waals surface area contributed by atoms with E-state index in [2.05, 4.69) is 32.6 Å². The smallest absolute Gasteiger partial charge is 0.126 e. The van der Waals surface area contributed by atoms with Crippen LogP contribution in [-0.4, -0.2) is 33.4 Å². The molecular formula is C20H25N5O. The van der Waals surface area contributed by atoms with E-state index in [9.17, 15) is 5.11 Å². The van der Waals surface area contributed by atoms with Gasteiger partial charge < -0.3 is 16.2 Å². The molecule has 0 bridgehead atoms. The molecule has 6 nitrogen and oxygen atoms in total. The van der Waals surface area contributed by atoms with Gasteiger partial charge in [0.15, 0.2) is 0 Å². The second kappa shape index (κ2) is 6.96. The van der Waals surface area contributed by atoms with Gasteiger partial charge in [-0.3, -0.25) is 5.10 Å². The molecule has 1 aliphatic carbocycles. The number of aromatic nitrogens is 3. The number of H-pyrrole nitrogens is 1. The average Bonchev–Trinajstić information content (AvgIpc) is 3.21. The number of benzene rings is 1. The number of nitrogens with two attached hydrogens (primary N) is 1. The molecule has 1 fully saturated rings. The number of pyridine rings is 1. The van der Waals surface area contributed by atoms with Crippen molar-refractivity contribution in [1.82, 2.24) is 15.2 Å². The van der Waals surface area contributed by atoms with Crippen LogP contribution in [0.2, 0.25) is 0 Å². The van der Waals surface area contributed by atoms with Gasteiger partial charge in [-0.05, 0) is 25.0 Å². The minimum Gasteiger partial charge on any atom is -0.396 e. The van der Waals surface area contributed by atoms with E-state index in [-0.39, 0.29) is 12.0 Å². The molecule has 0 radical (unpaired) electrons. The molecule has 4 rings (SSSR count). The molecule has 136 valence electrons. The fourth-order valence-electron chi connectivity index (χ4n) is 3.95. The van der Waals surface area contributed by atoms with Crippen LogP contribution in [0.1, 0.15) is 32.1 Å². The van der Waals surface area contributed by atoms with E-state index in [1.54, 1.807) is 6.20 Å². The summed E-state index contributed by atoms with van der Waals surface area (Å²) in [6, 6.07) is 9.95. The zero-order chi connectivity index (χ0) is 18.0. The number of aromatic amines is 1. The van der Waals surface area contributed by atoms with Crippen molar-refractivity contribution in [2.45, 2.75) is 32.1 Å². The molecule has 0 atom stereocenters. The molecule has 1 aliphatic rings. The lowest BCUT2D eigenvalue weighted by atomic mass is 9.74. The van der Waals surface area contributed by atoms with Crippen molar-refractivity contribution in [3.8, 4) is 11.3 Å². The average molecular weight is 351 g/mol. The van der Waals surface area contributed by atoms with Crippen LogP contribution in [-0.2, 0) is 0 Å². The van der Waals surface area contributed by atoms with Gasteiger partial charge in [0.1, 0.15) is 5.82 Å². The maximum atomic E-state index is 9.94. The molecule has 6 heteroatoms. The van der Waals surface area contributed by atoms with Crippen LogP contribution >= 0.6 is 0 Å². The van der Waals surface area contributed by atoms with Gasteiger partial charge in [0, 0.05) is 40.9 Å². The van der Waals surface area contributed by atoms with E-state index in [1.165, 1.54) is 19.3 Å². The molecule has 0 spiro atoms. The van der Waals surface area contributed by atoms with Crippen molar-refractivity contribution in [3.05, 3.63) is 36.5 Å². The summed E-state index contributed by atoms with van der Waals surface area (Å²) in [6.07, 6.45) is 7.52. The summed E-state index contributed by atoms with van der Waals surface area (Å²) >= 11 is 0. The van der Waals surface area contributed by atoms with E-state index < -0.39 is 0 Å². The standard InChI is InChI=1S/C20H25N5O/c21-19-11-17(22-12-20(13-26)7-2-1-3-8-20)15-5-4-14(10-18(15)24-19)16-6-9-23-25-16/h4-6,9-11,26H,1-3,7-8,12-13H2,(H,23,25)(H3,21,22,24). The van der Waals surface area contributed by atoms with E-state index >= 15 is 0 Å². The maximum Gasteiger partial charge on any atom is 0.126 e. The SMILES string of the molecule is Nc1cc(NCC2(CO)CCCCC2)c2ccc(-c3ccn[nH]3)cc2n1. The van der Waals surface area contributed by atoms with Crippen LogP contribution in [0.4, 0.5) is 11.5 Å². The second-order valence-corrected chi connectivity index (χ2v) is 7.37. The monoisotopic (exact) mass is 351 g/mol. The summed E-state index contributed by atoms with van der Waals surface area (Å²) in [6.45, 7) is 0.979. The van der Waals surface area contributed by atoms with Crippen molar-refractivity contribution in [2.75, 3.05) is 24.2 Å². The lowest BCUT2D eigenvalue weighted by molar-refractivity contribution is 0.0944. The third-order valence-corrected chi connectivity index (χ3v) is 5.54. The van der Waals surface area contributed by atoms with E-state index in [0.29, 0.717) is 5.82 Å². The number of nitrogen functional groups attached to an aromatic ring is 1. The Morgan fingerprint density at radius 3 is 2.73 bits per heavy atom. The topological polar surface area (TPSA) is 99.9 Å². The number of hydrogen-bond donors (Lipinski definition) is 4. The highest BCUT2D eigenvalue weighted by Crippen LogP contribution is 2.37. The zero-order valence-electron chi connectivity index (χ0n) is 14.8. The number of rotatable bonds is 5. The first-order valence-electron chi connectivity index (χ1n) is 9.24. The first-order valence-corrected chi connectivity index (χ1v) is 9.24. The fourth-order valence-corrected chi connectivity index (χ4v) is 3.95. The summed E-state index contributed by atoms with van der Waals surface area (Å²) in [4.78, 5) is 4.49. The Morgan fingerprint density at radius 2 is 2.00 bits per heavy atom. The predicted molar refractivity (Wildman–Crippen MR) is 105 cm³/mol. The molecule has 3 aromatic rings. The first-order chi connectivity index (χ1) is 12.7. The molecule has 0 amide bonds. The molecule has 2 heterocycles. The van der Waals surface area contributed by atoms with Gasteiger partial charge in [0.2, 0.25) is 0 Å². The van der Waals surface area contributed by atoms with E-state index in [4.69, 9.17) is 5.73 Å². The van der Waals surface area contributed by atoms with Gasteiger partial charge in [0.25, 0.3) is 0 Å². The molecule has 5 N–H and O–H groups in total. The maximum absolute atomic E-state index is 9.94. The van der Waals surface area contributed by atoms with Crippen molar-refractivity contribution in [3.63, 3.8) is 0 Å². The Labute approximate surface area is 152 Å². The van der Waals surface area contributed by atoms with Crippen molar-refractivity contribution >= 4 is 22.4 Å². The third kappa shape index (κ3) is 3.24. The van der Waals surface area contributed by atoms with Crippen molar-refractivity contribution < 1.29 is 5.11 Å².